The van der Waals surface area contributed by atoms with Crippen molar-refractivity contribution in [2.45, 2.75) is 26.4 Å². The van der Waals surface area contributed by atoms with E-state index in [1.807, 2.05) is 19.9 Å². The Morgan fingerprint density at radius 2 is 2.11 bits per heavy atom. The number of hydrogen-bond donors (Lipinski definition) is 1. The minimum atomic E-state index is -0.900. The molecular formula is C14H17N3O2. The lowest BCUT2D eigenvalue weighted by atomic mass is 9.79. The molecule has 0 unspecified atom stereocenters. The quantitative estimate of drug-likeness (QED) is 0.821. The normalized spacial score (nSPS) is 25.1. The molecule has 5 nitrogen and oxygen atoms in total. The number of aliphatic hydroxyl groups is 1. The Balaban J connectivity index is 2.20. The average Bonchev–Trinajstić information content (AvgIpc) is 2.58. The Kier molecular flexibility index (Phi) is 3.07. The van der Waals surface area contributed by atoms with Gasteiger partial charge in [-0.05, 0) is 19.1 Å². The maximum Gasteiger partial charge on any atom is 0.255 e. The third-order valence-corrected chi connectivity index (χ3v) is 3.96. The van der Waals surface area contributed by atoms with Gasteiger partial charge in [0.05, 0.1) is 17.7 Å². The van der Waals surface area contributed by atoms with E-state index in [0.29, 0.717) is 18.7 Å². The number of β-amino-alcohol motifs (C(OH)–C–C–N with tert-alkyl or cyclic N) is 1. The van der Waals surface area contributed by atoms with Gasteiger partial charge in [0.15, 0.2) is 0 Å². The zero-order valence-electron chi connectivity index (χ0n) is 11.3. The molecule has 0 radical (unpaired) electrons. The van der Waals surface area contributed by atoms with Gasteiger partial charge in [-0.2, -0.15) is 5.26 Å². The molecule has 0 spiro atoms. The fraction of sp³-hybridized carbons (Fsp3) is 0.500. The summed E-state index contributed by atoms with van der Waals surface area (Å²) in [5.41, 5.74) is -0.524. The van der Waals surface area contributed by atoms with E-state index >= 15 is 0 Å². The van der Waals surface area contributed by atoms with Crippen LogP contribution < -0.4 is 0 Å². The van der Waals surface area contributed by atoms with Crippen LogP contribution in [0.1, 0.15) is 36.8 Å². The highest BCUT2D eigenvalue weighted by Crippen LogP contribution is 2.38. The third-order valence-electron chi connectivity index (χ3n) is 3.96. The lowest BCUT2D eigenvalue weighted by Crippen LogP contribution is -2.40. The molecule has 1 aliphatic heterocycles. The molecule has 2 rings (SSSR count). The van der Waals surface area contributed by atoms with Crippen LogP contribution >= 0.6 is 0 Å². The molecule has 100 valence electrons. The standard InChI is InChI=1S/C14H17N3O2/c1-13(2)8-17(9-14(13,3)19)12(18)10-4-5-11(6-15)16-7-10/h4-5,7,19H,8-9H2,1-3H3/t14-/m1/s1. The second-order valence-corrected chi connectivity index (χ2v) is 5.86. The van der Waals surface area contributed by atoms with E-state index < -0.39 is 5.60 Å². The van der Waals surface area contributed by atoms with Crippen LogP contribution in [0.4, 0.5) is 0 Å². The van der Waals surface area contributed by atoms with Crippen LogP contribution in [0.15, 0.2) is 18.3 Å². The first-order valence-corrected chi connectivity index (χ1v) is 6.15. The van der Waals surface area contributed by atoms with E-state index in [-0.39, 0.29) is 17.0 Å². The van der Waals surface area contributed by atoms with E-state index in [9.17, 15) is 9.90 Å². The molecule has 1 atom stereocenters. The van der Waals surface area contributed by atoms with Gasteiger partial charge >= 0.3 is 0 Å². The van der Waals surface area contributed by atoms with E-state index in [0.717, 1.165) is 0 Å². The first-order chi connectivity index (χ1) is 8.77. The van der Waals surface area contributed by atoms with Gasteiger partial charge in [0.25, 0.3) is 5.91 Å². The molecule has 1 aromatic rings. The van der Waals surface area contributed by atoms with Gasteiger partial charge in [0.2, 0.25) is 0 Å². The molecule has 1 amide bonds. The zero-order valence-corrected chi connectivity index (χ0v) is 11.3. The molecule has 2 heterocycles. The predicted molar refractivity (Wildman–Crippen MR) is 69.3 cm³/mol. The first-order valence-electron chi connectivity index (χ1n) is 6.15. The Labute approximate surface area is 112 Å². The van der Waals surface area contributed by atoms with Gasteiger partial charge in [0, 0.05) is 18.2 Å². The van der Waals surface area contributed by atoms with E-state index in [2.05, 4.69) is 4.98 Å². The van der Waals surface area contributed by atoms with E-state index in [1.54, 1.807) is 17.9 Å². The highest BCUT2D eigenvalue weighted by Gasteiger charge is 2.49. The van der Waals surface area contributed by atoms with Gasteiger partial charge in [-0.25, -0.2) is 4.98 Å². The summed E-state index contributed by atoms with van der Waals surface area (Å²) >= 11 is 0. The lowest BCUT2D eigenvalue weighted by Gasteiger charge is -2.30. The molecule has 1 aliphatic rings. The van der Waals surface area contributed by atoms with Gasteiger partial charge < -0.3 is 10.0 Å². The Morgan fingerprint density at radius 3 is 2.53 bits per heavy atom. The largest absolute Gasteiger partial charge is 0.388 e. The van der Waals surface area contributed by atoms with Crippen LogP contribution in [0.2, 0.25) is 0 Å². The SMILES string of the molecule is CC1(C)CN(C(=O)c2ccc(C#N)nc2)C[C@@]1(C)O. The molecule has 1 aromatic heterocycles. The summed E-state index contributed by atoms with van der Waals surface area (Å²) in [6.07, 6.45) is 1.40. The topological polar surface area (TPSA) is 77.2 Å². The van der Waals surface area contributed by atoms with Crippen molar-refractivity contribution >= 4 is 5.91 Å². The number of nitriles is 1. The maximum absolute atomic E-state index is 12.3. The summed E-state index contributed by atoms with van der Waals surface area (Å²) in [5.74, 6) is -0.164. The van der Waals surface area contributed by atoms with Crippen LogP contribution in [-0.2, 0) is 0 Å². The minimum Gasteiger partial charge on any atom is -0.388 e. The molecule has 0 aliphatic carbocycles. The number of nitrogens with zero attached hydrogens (tertiary/aromatic N) is 3. The van der Waals surface area contributed by atoms with Crippen LogP contribution in [0.25, 0.3) is 0 Å². The van der Waals surface area contributed by atoms with Crippen molar-refractivity contribution in [2.75, 3.05) is 13.1 Å². The Bertz CT molecular complexity index is 525. The smallest absolute Gasteiger partial charge is 0.255 e. The second-order valence-electron chi connectivity index (χ2n) is 5.86. The van der Waals surface area contributed by atoms with Crippen LogP contribution in [0.3, 0.4) is 0 Å². The summed E-state index contributed by atoms with van der Waals surface area (Å²) in [6, 6.07) is 5.02. The number of rotatable bonds is 1. The number of likely N-dealkylation sites (tertiary alicyclic amines) is 1. The molecule has 0 aromatic carbocycles. The van der Waals surface area contributed by atoms with Crippen molar-refractivity contribution < 1.29 is 9.90 Å². The number of hydrogen-bond acceptors (Lipinski definition) is 4. The number of carbonyl (C=O) groups is 1. The lowest BCUT2D eigenvalue weighted by molar-refractivity contribution is -0.0108. The van der Waals surface area contributed by atoms with Crippen molar-refractivity contribution in [3.63, 3.8) is 0 Å². The molecule has 1 N–H and O–H groups in total. The molecule has 5 heteroatoms. The first kappa shape index (κ1) is 13.5. The zero-order chi connectivity index (χ0) is 14.3. The van der Waals surface area contributed by atoms with Crippen molar-refractivity contribution in [1.82, 2.24) is 9.88 Å². The van der Waals surface area contributed by atoms with Gasteiger partial charge in [-0.1, -0.05) is 13.8 Å². The van der Waals surface area contributed by atoms with E-state index in [1.165, 1.54) is 12.3 Å². The number of pyridine rings is 1. The maximum atomic E-state index is 12.3. The fourth-order valence-corrected chi connectivity index (χ4v) is 2.20. The third kappa shape index (κ3) is 2.32. The van der Waals surface area contributed by atoms with Crippen molar-refractivity contribution in [2.24, 2.45) is 5.41 Å². The fourth-order valence-electron chi connectivity index (χ4n) is 2.20. The average molecular weight is 259 g/mol. The molecule has 0 saturated carbocycles. The molecule has 19 heavy (non-hydrogen) atoms. The van der Waals surface area contributed by atoms with Gasteiger partial charge in [-0.3, -0.25) is 4.79 Å². The Morgan fingerprint density at radius 1 is 1.42 bits per heavy atom. The molecule has 1 fully saturated rings. The van der Waals surface area contributed by atoms with Crippen LogP contribution in [-0.4, -0.2) is 39.6 Å². The van der Waals surface area contributed by atoms with Gasteiger partial charge in [-0.15, -0.1) is 0 Å². The van der Waals surface area contributed by atoms with Crippen LogP contribution in [0, 0.1) is 16.7 Å². The van der Waals surface area contributed by atoms with Gasteiger partial charge in [0.1, 0.15) is 11.8 Å². The van der Waals surface area contributed by atoms with Crippen molar-refractivity contribution in [3.05, 3.63) is 29.6 Å². The van der Waals surface area contributed by atoms with Crippen molar-refractivity contribution in [3.8, 4) is 6.07 Å². The minimum absolute atomic E-state index is 0.164. The number of aromatic nitrogens is 1. The molecular weight excluding hydrogens is 242 g/mol. The molecule has 1 saturated heterocycles. The molecule has 0 bridgehead atoms. The van der Waals surface area contributed by atoms with E-state index in [4.69, 9.17) is 5.26 Å². The summed E-state index contributed by atoms with van der Waals surface area (Å²) in [4.78, 5) is 17.8. The summed E-state index contributed by atoms with van der Waals surface area (Å²) in [5, 5.41) is 19.0. The number of carbonyl (C=O) groups excluding carboxylic acids is 1. The predicted octanol–water partition coefficient (Wildman–Crippen LogP) is 1.19. The van der Waals surface area contributed by atoms with Crippen LogP contribution in [0.5, 0.6) is 0 Å². The monoisotopic (exact) mass is 259 g/mol. The number of amides is 1. The summed E-state index contributed by atoms with van der Waals surface area (Å²) in [7, 11) is 0. The summed E-state index contributed by atoms with van der Waals surface area (Å²) in [6.45, 7) is 6.43. The highest BCUT2D eigenvalue weighted by molar-refractivity contribution is 5.94. The van der Waals surface area contributed by atoms with Crippen molar-refractivity contribution in [1.29, 1.82) is 5.26 Å². The summed E-state index contributed by atoms with van der Waals surface area (Å²) < 4.78 is 0. The Hall–Kier alpha value is -1.93. The second kappa shape index (κ2) is 4.32. The highest BCUT2D eigenvalue weighted by atomic mass is 16.3.